The Kier molecular flexibility index (Phi) is 6.83. The summed E-state index contributed by atoms with van der Waals surface area (Å²) in [6, 6.07) is 7.60. The summed E-state index contributed by atoms with van der Waals surface area (Å²) in [7, 11) is 1.97. The van der Waals surface area contributed by atoms with Gasteiger partial charge < -0.3 is 10.2 Å². The topological polar surface area (TPSA) is 32.3 Å². The maximum Gasteiger partial charge on any atom is 0.253 e. The minimum atomic E-state index is 0. The van der Waals surface area contributed by atoms with E-state index in [0.29, 0.717) is 5.92 Å². The number of rotatable bonds is 3. The van der Waals surface area contributed by atoms with E-state index < -0.39 is 0 Å². The summed E-state index contributed by atoms with van der Waals surface area (Å²) in [6.07, 6.45) is 2.32. The maximum atomic E-state index is 12.4. The van der Waals surface area contributed by atoms with Crippen LogP contribution in [0.3, 0.4) is 0 Å². The van der Waals surface area contributed by atoms with Crippen LogP contribution in [0.1, 0.15) is 23.2 Å². The highest BCUT2D eigenvalue weighted by atomic mass is 79.9. The molecule has 1 aromatic rings. The molecule has 0 aliphatic carbocycles. The summed E-state index contributed by atoms with van der Waals surface area (Å²) in [5, 5.41) is 3.20. The third-order valence-electron chi connectivity index (χ3n) is 3.39. The molecule has 1 amide bonds. The first-order valence-electron chi connectivity index (χ1n) is 6.40. The van der Waals surface area contributed by atoms with Crippen molar-refractivity contribution in [3.05, 3.63) is 34.3 Å². The Hall–Kier alpha value is -0.580. The number of carbonyl (C=O) groups is 1. The van der Waals surface area contributed by atoms with Crippen LogP contribution >= 0.6 is 28.3 Å². The van der Waals surface area contributed by atoms with Gasteiger partial charge in [-0.05, 0) is 56.6 Å². The lowest BCUT2D eigenvalue weighted by Crippen LogP contribution is -2.42. The van der Waals surface area contributed by atoms with Gasteiger partial charge in [-0.15, -0.1) is 12.4 Å². The van der Waals surface area contributed by atoms with E-state index in [1.54, 1.807) is 0 Å². The molecule has 0 bridgehead atoms. The molecule has 1 fully saturated rings. The van der Waals surface area contributed by atoms with E-state index in [9.17, 15) is 4.79 Å². The number of likely N-dealkylation sites (tertiary alicyclic amines) is 1. The second-order valence-electron chi connectivity index (χ2n) is 4.82. The van der Waals surface area contributed by atoms with Gasteiger partial charge in [0.2, 0.25) is 0 Å². The molecule has 1 heterocycles. The summed E-state index contributed by atoms with van der Waals surface area (Å²) in [5.41, 5.74) is 0.781. The zero-order chi connectivity index (χ0) is 13.0. The molecule has 1 aliphatic rings. The molecule has 0 saturated carbocycles. The van der Waals surface area contributed by atoms with Crippen LogP contribution in [0.2, 0.25) is 0 Å². The minimum absolute atomic E-state index is 0. The standard InChI is InChI=1S/C14H19BrN2O.ClH/c1-16-9-11-3-2-8-17(10-11)14(18)12-4-6-13(15)7-5-12;/h4-7,11,16H,2-3,8-10H2,1H3;1H. The van der Waals surface area contributed by atoms with Gasteiger partial charge in [0.1, 0.15) is 0 Å². The van der Waals surface area contributed by atoms with Crippen molar-refractivity contribution in [1.29, 1.82) is 0 Å². The van der Waals surface area contributed by atoms with Gasteiger partial charge in [-0.3, -0.25) is 4.79 Å². The predicted octanol–water partition coefficient (Wildman–Crippen LogP) is 2.94. The van der Waals surface area contributed by atoms with E-state index in [2.05, 4.69) is 21.2 Å². The molecule has 0 radical (unpaired) electrons. The fourth-order valence-corrected chi connectivity index (χ4v) is 2.74. The highest BCUT2D eigenvalue weighted by Crippen LogP contribution is 2.19. The molecule has 106 valence electrons. The van der Waals surface area contributed by atoms with Gasteiger partial charge in [0.05, 0.1) is 0 Å². The van der Waals surface area contributed by atoms with Crippen molar-refractivity contribution in [2.24, 2.45) is 5.92 Å². The van der Waals surface area contributed by atoms with Crippen LogP contribution in [0.25, 0.3) is 0 Å². The first-order valence-corrected chi connectivity index (χ1v) is 7.19. The van der Waals surface area contributed by atoms with Crippen LogP contribution in [-0.4, -0.2) is 37.5 Å². The highest BCUT2D eigenvalue weighted by Gasteiger charge is 2.23. The molecule has 1 N–H and O–H groups in total. The molecule has 1 atom stereocenters. The number of hydrogen-bond acceptors (Lipinski definition) is 2. The molecule has 3 nitrogen and oxygen atoms in total. The lowest BCUT2D eigenvalue weighted by Gasteiger charge is -2.32. The van der Waals surface area contributed by atoms with Gasteiger partial charge in [-0.2, -0.15) is 0 Å². The van der Waals surface area contributed by atoms with Crippen molar-refractivity contribution in [3.8, 4) is 0 Å². The Balaban J connectivity index is 0.00000180. The molecule has 2 rings (SSSR count). The molecule has 1 unspecified atom stereocenters. The number of hydrogen-bond donors (Lipinski definition) is 1. The van der Waals surface area contributed by atoms with Crippen molar-refractivity contribution < 1.29 is 4.79 Å². The van der Waals surface area contributed by atoms with Crippen LogP contribution < -0.4 is 5.32 Å². The van der Waals surface area contributed by atoms with Crippen LogP contribution in [-0.2, 0) is 0 Å². The fraction of sp³-hybridized carbons (Fsp3) is 0.500. The summed E-state index contributed by atoms with van der Waals surface area (Å²) >= 11 is 3.39. The Morgan fingerprint density at radius 2 is 2.11 bits per heavy atom. The normalized spacial score (nSPS) is 18.8. The number of piperidine rings is 1. The fourth-order valence-electron chi connectivity index (χ4n) is 2.48. The van der Waals surface area contributed by atoms with Gasteiger partial charge in [0, 0.05) is 23.1 Å². The van der Waals surface area contributed by atoms with Gasteiger partial charge in [0.25, 0.3) is 5.91 Å². The van der Waals surface area contributed by atoms with Crippen molar-refractivity contribution >= 4 is 34.2 Å². The second kappa shape index (κ2) is 7.88. The third kappa shape index (κ3) is 4.48. The number of benzene rings is 1. The molecule has 0 spiro atoms. The molecule has 1 saturated heterocycles. The first-order chi connectivity index (χ1) is 8.70. The van der Waals surface area contributed by atoms with Crippen molar-refractivity contribution in [3.63, 3.8) is 0 Å². The lowest BCUT2D eigenvalue weighted by molar-refractivity contribution is 0.0674. The third-order valence-corrected chi connectivity index (χ3v) is 3.92. The lowest BCUT2D eigenvalue weighted by atomic mass is 9.97. The van der Waals surface area contributed by atoms with E-state index in [4.69, 9.17) is 0 Å². The van der Waals surface area contributed by atoms with E-state index in [1.165, 1.54) is 6.42 Å². The van der Waals surface area contributed by atoms with E-state index in [-0.39, 0.29) is 18.3 Å². The zero-order valence-electron chi connectivity index (χ0n) is 11.1. The smallest absolute Gasteiger partial charge is 0.253 e. The van der Waals surface area contributed by atoms with Gasteiger partial charge in [-0.1, -0.05) is 15.9 Å². The van der Waals surface area contributed by atoms with Crippen molar-refractivity contribution in [2.75, 3.05) is 26.7 Å². The van der Waals surface area contributed by atoms with Crippen LogP contribution in [0.5, 0.6) is 0 Å². The van der Waals surface area contributed by atoms with Crippen molar-refractivity contribution in [1.82, 2.24) is 10.2 Å². The Morgan fingerprint density at radius 1 is 1.42 bits per heavy atom. The number of carbonyl (C=O) groups excluding carboxylic acids is 1. The van der Waals surface area contributed by atoms with Crippen LogP contribution in [0, 0.1) is 5.92 Å². The summed E-state index contributed by atoms with van der Waals surface area (Å²) < 4.78 is 1.01. The average molecular weight is 348 g/mol. The number of halogens is 2. The Morgan fingerprint density at radius 3 is 2.74 bits per heavy atom. The van der Waals surface area contributed by atoms with Crippen molar-refractivity contribution in [2.45, 2.75) is 12.8 Å². The van der Waals surface area contributed by atoms with Gasteiger partial charge >= 0.3 is 0 Å². The summed E-state index contributed by atoms with van der Waals surface area (Å²) in [5.74, 6) is 0.742. The molecule has 19 heavy (non-hydrogen) atoms. The number of nitrogens with zero attached hydrogens (tertiary/aromatic N) is 1. The monoisotopic (exact) mass is 346 g/mol. The second-order valence-corrected chi connectivity index (χ2v) is 5.74. The minimum Gasteiger partial charge on any atom is -0.338 e. The first kappa shape index (κ1) is 16.5. The van der Waals surface area contributed by atoms with Crippen LogP contribution in [0.15, 0.2) is 28.7 Å². The average Bonchev–Trinajstić information content (AvgIpc) is 2.39. The molecule has 1 aliphatic heterocycles. The van der Waals surface area contributed by atoms with Gasteiger partial charge in [-0.25, -0.2) is 0 Å². The van der Waals surface area contributed by atoms with E-state index >= 15 is 0 Å². The summed E-state index contributed by atoms with van der Waals surface area (Å²) in [4.78, 5) is 14.3. The molecule has 0 aromatic heterocycles. The molecular weight excluding hydrogens is 328 g/mol. The largest absolute Gasteiger partial charge is 0.338 e. The number of nitrogens with one attached hydrogen (secondary N) is 1. The Labute approximate surface area is 129 Å². The summed E-state index contributed by atoms with van der Waals surface area (Å²) in [6.45, 7) is 2.75. The highest BCUT2D eigenvalue weighted by molar-refractivity contribution is 9.10. The van der Waals surface area contributed by atoms with E-state index in [1.807, 2.05) is 36.2 Å². The number of amides is 1. The predicted molar refractivity (Wildman–Crippen MR) is 83.9 cm³/mol. The van der Waals surface area contributed by atoms with E-state index in [0.717, 1.165) is 36.1 Å². The maximum absolute atomic E-state index is 12.4. The van der Waals surface area contributed by atoms with Crippen LogP contribution in [0.4, 0.5) is 0 Å². The molecule has 5 heteroatoms. The Bertz CT molecular complexity index is 408. The van der Waals surface area contributed by atoms with Gasteiger partial charge in [0.15, 0.2) is 0 Å². The quantitative estimate of drug-likeness (QED) is 0.912. The SMILES string of the molecule is CNCC1CCCN(C(=O)c2ccc(Br)cc2)C1.Cl. The molecular formula is C14H20BrClN2O. The zero-order valence-corrected chi connectivity index (χ0v) is 13.5. The molecule has 1 aromatic carbocycles.